The Kier molecular flexibility index (Phi) is 3.54. The zero-order valence-corrected chi connectivity index (χ0v) is 9.69. The van der Waals surface area contributed by atoms with Crippen molar-refractivity contribution in [2.24, 2.45) is 0 Å². The molecule has 0 fully saturated rings. The Balaban J connectivity index is 2.11. The van der Waals surface area contributed by atoms with Gasteiger partial charge in [0.15, 0.2) is 0 Å². The molecule has 0 aliphatic heterocycles. The van der Waals surface area contributed by atoms with Crippen LogP contribution in [0.4, 0.5) is 0 Å². The first-order valence-electron chi connectivity index (χ1n) is 4.97. The van der Waals surface area contributed by atoms with E-state index in [1.165, 1.54) is 6.33 Å². The molecule has 1 aromatic carbocycles. The van der Waals surface area contributed by atoms with Crippen LogP contribution in [0.25, 0.3) is 0 Å². The molecular formula is C12H12N2OS. The van der Waals surface area contributed by atoms with Crippen LogP contribution in [0, 0.1) is 0 Å². The van der Waals surface area contributed by atoms with Crippen molar-refractivity contribution in [2.75, 3.05) is 0 Å². The van der Waals surface area contributed by atoms with E-state index in [-0.39, 0.29) is 0 Å². The third kappa shape index (κ3) is 2.81. The lowest BCUT2D eigenvalue weighted by Gasteiger charge is -2.05. The molecule has 0 amide bonds. The van der Waals surface area contributed by atoms with Gasteiger partial charge in [-0.05, 0) is 30.7 Å². The average Bonchev–Trinajstić information content (AvgIpc) is 2.31. The molecule has 0 aliphatic rings. The number of rotatable bonds is 3. The Hall–Kier alpha value is -1.39. The fraction of sp³-hybridized carbons (Fsp3) is 0.167. The lowest BCUT2D eigenvalue weighted by molar-refractivity contribution is 0.199. The molecule has 0 saturated carbocycles. The second-order valence-corrected chi connectivity index (χ2v) is 4.49. The summed E-state index contributed by atoms with van der Waals surface area (Å²) in [5.41, 5.74) is 0.923. The zero-order valence-electron chi connectivity index (χ0n) is 8.87. The zero-order chi connectivity index (χ0) is 11.4. The predicted octanol–water partition coefficient (Wildman–Crippen LogP) is 2.68. The third-order valence-corrected chi connectivity index (χ3v) is 3.10. The number of benzene rings is 1. The maximum atomic E-state index is 9.38. The highest BCUT2D eigenvalue weighted by Gasteiger charge is 2.01. The number of aromatic nitrogens is 2. The van der Waals surface area contributed by atoms with Crippen LogP contribution in [0.5, 0.6) is 0 Å². The summed E-state index contributed by atoms with van der Waals surface area (Å²) in [5, 5.41) is 10.3. The molecule has 1 atom stereocenters. The van der Waals surface area contributed by atoms with Gasteiger partial charge in [0, 0.05) is 11.1 Å². The largest absolute Gasteiger partial charge is 0.389 e. The Morgan fingerprint density at radius 3 is 2.50 bits per heavy atom. The lowest BCUT2D eigenvalue weighted by atomic mass is 10.1. The van der Waals surface area contributed by atoms with Gasteiger partial charge < -0.3 is 5.11 Å². The van der Waals surface area contributed by atoms with Crippen LogP contribution in [0.3, 0.4) is 0 Å². The fourth-order valence-corrected chi connectivity index (χ4v) is 2.02. The van der Waals surface area contributed by atoms with E-state index in [1.807, 2.05) is 30.3 Å². The summed E-state index contributed by atoms with van der Waals surface area (Å²) in [6.45, 7) is 1.76. The minimum Gasteiger partial charge on any atom is -0.389 e. The van der Waals surface area contributed by atoms with Crippen LogP contribution in [-0.4, -0.2) is 15.1 Å². The van der Waals surface area contributed by atoms with E-state index >= 15 is 0 Å². The van der Waals surface area contributed by atoms with Crippen LogP contribution in [-0.2, 0) is 0 Å². The van der Waals surface area contributed by atoms with Gasteiger partial charge in [-0.25, -0.2) is 9.97 Å². The highest BCUT2D eigenvalue weighted by Crippen LogP contribution is 2.26. The quantitative estimate of drug-likeness (QED) is 0.826. The summed E-state index contributed by atoms with van der Waals surface area (Å²) in [7, 11) is 0. The van der Waals surface area contributed by atoms with Gasteiger partial charge in [-0.3, -0.25) is 0 Å². The van der Waals surface area contributed by atoms with Crippen molar-refractivity contribution in [1.82, 2.24) is 9.97 Å². The predicted molar refractivity (Wildman–Crippen MR) is 63.2 cm³/mol. The molecule has 0 saturated heterocycles. The van der Waals surface area contributed by atoms with Crippen molar-refractivity contribution >= 4 is 11.8 Å². The third-order valence-electron chi connectivity index (χ3n) is 2.14. The topological polar surface area (TPSA) is 46.0 Å². The Bertz CT molecular complexity index is 442. The minimum absolute atomic E-state index is 0.418. The standard InChI is InChI=1S/C12H12N2OS/c1-9(15)10-2-4-11(5-3-10)16-12-6-7-13-8-14-12/h2-9,15H,1H3. The van der Waals surface area contributed by atoms with E-state index < -0.39 is 6.10 Å². The average molecular weight is 232 g/mol. The van der Waals surface area contributed by atoms with Crippen molar-refractivity contribution in [2.45, 2.75) is 22.9 Å². The maximum absolute atomic E-state index is 9.38. The molecule has 0 spiro atoms. The lowest BCUT2D eigenvalue weighted by Crippen LogP contribution is -1.89. The number of hydrogen-bond acceptors (Lipinski definition) is 4. The maximum Gasteiger partial charge on any atom is 0.116 e. The molecule has 2 aromatic rings. The normalized spacial score (nSPS) is 12.4. The second kappa shape index (κ2) is 5.09. The monoisotopic (exact) mass is 232 g/mol. The number of aliphatic hydroxyl groups is 1. The van der Waals surface area contributed by atoms with Gasteiger partial charge in [-0.1, -0.05) is 23.9 Å². The number of aliphatic hydroxyl groups excluding tert-OH is 1. The molecule has 2 rings (SSSR count). The SMILES string of the molecule is CC(O)c1ccc(Sc2ccncn2)cc1. The highest BCUT2D eigenvalue weighted by atomic mass is 32.2. The van der Waals surface area contributed by atoms with Crippen LogP contribution in [0.1, 0.15) is 18.6 Å². The fourth-order valence-electron chi connectivity index (χ4n) is 1.27. The van der Waals surface area contributed by atoms with Crippen molar-refractivity contribution < 1.29 is 5.11 Å². The van der Waals surface area contributed by atoms with Gasteiger partial charge in [0.1, 0.15) is 11.4 Å². The molecule has 0 radical (unpaired) electrons. The molecule has 1 unspecified atom stereocenters. The summed E-state index contributed by atoms with van der Waals surface area (Å²) >= 11 is 1.58. The number of hydrogen-bond donors (Lipinski definition) is 1. The molecule has 1 aromatic heterocycles. The van der Waals surface area contributed by atoms with E-state index in [2.05, 4.69) is 9.97 Å². The van der Waals surface area contributed by atoms with E-state index in [0.29, 0.717) is 0 Å². The van der Waals surface area contributed by atoms with Crippen LogP contribution in [0.15, 0.2) is 52.8 Å². The smallest absolute Gasteiger partial charge is 0.116 e. The van der Waals surface area contributed by atoms with Gasteiger partial charge in [-0.2, -0.15) is 0 Å². The van der Waals surface area contributed by atoms with Crippen LogP contribution >= 0.6 is 11.8 Å². The second-order valence-electron chi connectivity index (χ2n) is 3.39. The highest BCUT2D eigenvalue weighted by molar-refractivity contribution is 7.99. The Morgan fingerprint density at radius 2 is 1.94 bits per heavy atom. The summed E-state index contributed by atoms with van der Waals surface area (Å²) in [4.78, 5) is 9.10. The van der Waals surface area contributed by atoms with Crippen LogP contribution < -0.4 is 0 Å². The van der Waals surface area contributed by atoms with Crippen molar-refractivity contribution in [3.63, 3.8) is 0 Å². The summed E-state index contributed by atoms with van der Waals surface area (Å²) < 4.78 is 0. The minimum atomic E-state index is -0.418. The molecule has 1 N–H and O–H groups in total. The van der Waals surface area contributed by atoms with Gasteiger partial charge in [0.2, 0.25) is 0 Å². The molecule has 0 bridgehead atoms. The molecule has 82 valence electrons. The van der Waals surface area contributed by atoms with Gasteiger partial charge in [0.05, 0.1) is 6.10 Å². The van der Waals surface area contributed by atoms with E-state index in [1.54, 1.807) is 24.9 Å². The van der Waals surface area contributed by atoms with E-state index in [4.69, 9.17) is 0 Å². The molecular weight excluding hydrogens is 220 g/mol. The molecule has 1 heterocycles. The van der Waals surface area contributed by atoms with Crippen LogP contribution in [0.2, 0.25) is 0 Å². The molecule has 0 aliphatic carbocycles. The Labute approximate surface area is 98.6 Å². The van der Waals surface area contributed by atoms with Gasteiger partial charge >= 0.3 is 0 Å². The van der Waals surface area contributed by atoms with Gasteiger partial charge in [-0.15, -0.1) is 0 Å². The first-order chi connectivity index (χ1) is 7.75. The molecule has 3 nitrogen and oxygen atoms in total. The van der Waals surface area contributed by atoms with E-state index in [9.17, 15) is 5.11 Å². The molecule has 16 heavy (non-hydrogen) atoms. The van der Waals surface area contributed by atoms with Gasteiger partial charge in [0.25, 0.3) is 0 Å². The van der Waals surface area contributed by atoms with E-state index in [0.717, 1.165) is 15.5 Å². The Morgan fingerprint density at radius 1 is 1.19 bits per heavy atom. The summed E-state index contributed by atoms with van der Waals surface area (Å²) in [6.07, 6.45) is 2.84. The summed E-state index contributed by atoms with van der Waals surface area (Å²) in [5.74, 6) is 0. The summed E-state index contributed by atoms with van der Waals surface area (Å²) in [6, 6.07) is 9.68. The van der Waals surface area contributed by atoms with Crippen molar-refractivity contribution in [3.05, 3.63) is 48.4 Å². The first-order valence-corrected chi connectivity index (χ1v) is 5.79. The molecule has 4 heteroatoms. The number of nitrogens with zero attached hydrogens (tertiary/aromatic N) is 2. The first kappa shape index (κ1) is 11.1. The van der Waals surface area contributed by atoms with Crippen molar-refractivity contribution in [3.8, 4) is 0 Å². The van der Waals surface area contributed by atoms with Crippen molar-refractivity contribution in [1.29, 1.82) is 0 Å².